The van der Waals surface area contributed by atoms with E-state index in [1.54, 1.807) is 18.2 Å². The standard InChI is InChI=1S/C14H18FN3O2/c15-12-5-2-1-4-11(12)10-17-13(19)14(20)18-8-3-6-16-7-9-18/h1-2,4-5,16H,3,6-10H2,(H,17,19). The number of nitrogens with zero attached hydrogens (tertiary/aromatic N) is 1. The largest absolute Gasteiger partial charge is 0.344 e. The second-order valence-corrected chi connectivity index (χ2v) is 4.67. The molecule has 0 aliphatic carbocycles. The van der Waals surface area contributed by atoms with Crippen LogP contribution >= 0.6 is 0 Å². The summed E-state index contributed by atoms with van der Waals surface area (Å²) in [5, 5.41) is 5.63. The topological polar surface area (TPSA) is 61.4 Å². The van der Waals surface area contributed by atoms with Crippen LogP contribution in [0.15, 0.2) is 24.3 Å². The van der Waals surface area contributed by atoms with Crippen LogP contribution in [0.4, 0.5) is 4.39 Å². The van der Waals surface area contributed by atoms with Crippen molar-refractivity contribution in [3.05, 3.63) is 35.6 Å². The van der Waals surface area contributed by atoms with Crippen molar-refractivity contribution >= 4 is 11.8 Å². The lowest BCUT2D eigenvalue weighted by Gasteiger charge is -2.19. The van der Waals surface area contributed by atoms with Gasteiger partial charge < -0.3 is 15.5 Å². The molecule has 1 aliphatic heterocycles. The lowest BCUT2D eigenvalue weighted by atomic mass is 10.2. The average Bonchev–Trinajstić information content (AvgIpc) is 2.74. The van der Waals surface area contributed by atoms with Gasteiger partial charge in [-0.25, -0.2) is 4.39 Å². The minimum absolute atomic E-state index is 0.0172. The van der Waals surface area contributed by atoms with Crippen molar-refractivity contribution in [2.45, 2.75) is 13.0 Å². The van der Waals surface area contributed by atoms with Crippen molar-refractivity contribution in [3.63, 3.8) is 0 Å². The first-order valence-corrected chi connectivity index (χ1v) is 6.69. The SMILES string of the molecule is O=C(NCc1ccccc1F)C(=O)N1CCCNCC1. The molecule has 1 heterocycles. The zero-order chi connectivity index (χ0) is 14.4. The molecule has 5 nitrogen and oxygen atoms in total. The Kier molecular flexibility index (Phi) is 5.06. The first kappa shape index (κ1) is 14.5. The molecule has 6 heteroatoms. The smallest absolute Gasteiger partial charge is 0.311 e. The van der Waals surface area contributed by atoms with E-state index in [4.69, 9.17) is 0 Å². The summed E-state index contributed by atoms with van der Waals surface area (Å²) in [6.45, 7) is 2.64. The lowest BCUT2D eigenvalue weighted by molar-refractivity contribution is -0.145. The molecule has 0 aromatic heterocycles. The summed E-state index contributed by atoms with van der Waals surface area (Å²) in [4.78, 5) is 25.3. The number of hydrogen-bond donors (Lipinski definition) is 2. The molecule has 108 valence electrons. The summed E-state index contributed by atoms with van der Waals surface area (Å²) in [6.07, 6.45) is 0.826. The number of rotatable bonds is 2. The Balaban J connectivity index is 1.88. The predicted molar refractivity (Wildman–Crippen MR) is 72.3 cm³/mol. The van der Waals surface area contributed by atoms with Crippen molar-refractivity contribution < 1.29 is 14.0 Å². The van der Waals surface area contributed by atoms with Gasteiger partial charge in [0.2, 0.25) is 0 Å². The van der Waals surface area contributed by atoms with Gasteiger partial charge in [0.15, 0.2) is 0 Å². The Labute approximate surface area is 117 Å². The summed E-state index contributed by atoms with van der Waals surface area (Å²) in [5.74, 6) is -1.63. The molecule has 1 saturated heterocycles. The predicted octanol–water partition coefficient (Wildman–Crippen LogP) is 0.264. The maximum Gasteiger partial charge on any atom is 0.311 e. The molecule has 0 atom stereocenters. The minimum Gasteiger partial charge on any atom is -0.344 e. The fourth-order valence-electron chi connectivity index (χ4n) is 2.09. The highest BCUT2D eigenvalue weighted by Crippen LogP contribution is 2.05. The highest BCUT2D eigenvalue weighted by atomic mass is 19.1. The molecule has 1 aromatic carbocycles. The van der Waals surface area contributed by atoms with Gasteiger partial charge in [0.25, 0.3) is 0 Å². The highest BCUT2D eigenvalue weighted by molar-refractivity contribution is 6.34. The van der Waals surface area contributed by atoms with E-state index < -0.39 is 11.8 Å². The third-order valence-corrected chi connectivity index (χ3v) is 3.22. The third-order valence-electron chi connectivity index (χ3n) is 3.22. The number of nitrogens with one attached hydrogen (secondary N) is 2. The van der Waals surface area contributed by atoms with Crippen molar-refractivity contribution in [3.8, 4) is 0 Å². The van der Waals surface area contributed by atoms with E-state index in [1.807, 2.05) is 0 Å². The molecule has 0 saturated carbocycles. The average molecular weight is 279 g/mol. The normalized spacial score (nSPS) is 15.6. The first-order valence-electron chi connectivity index (χ1n) is 6.69. The second-order valence-electron chi connectivity index (χ2n) is 4.67. The lowest BCUT2D eigenvalue weighted by Crippen LogP contribution is -2.44. The Hall–Kier alpha value is -1.95. The van der Waals surface area contributed by atoms with Gasteiger partial charge in [-0.15, -0.1) is 0 Å². The van der Waals surface area contributed by atoms with Crippen LogP contribution in [0.25, 0.3) is 0 Å². The number of carbonyl (C=O) groups is 2. The minimum atomic E-state index is -0.685. The fourth-order valence-corrected chi connectivity index (χ4v) is 2.09. The molecule has 20 heavy (non-hydrogen) atoms. The Morgan fingerprint density at radius 2 is 2.05 bits per heavy atom. The molecule has 1 aliphatic rings. The maximum atomic E-state index is 13.4. The summed E-state index contributed by atoms with van der Waals surface area (Å²) in [5.41, 5.74) is 0.367. The van der Waals surface area contributed by atoms with Gasteiger partial charge in [-0.1, -0.05) is 18.2 Å². The van der Waals surface area contributed by atoms with E-state index in [0.29, 0.717) is 25.2 Å². The van der Waals surface area contributed by atoms with E-state index in [0.717, 1.165) is 13.0 Å². The number of carbonyl (C=O) groups excluding carboxylic acids is 2. The number of amides is 2. The van der Waals surface area contributed by atoms with Gasteiger partial charge in [-0.05, 0) is 19.0 Å². The van der Waals surface area contributed by atoms with Crippen molar-refractivity contribution in [1.29, 1.82) is 0 Å². The molecule has 0 unspecified atom stereocenters. The number of benzene rings is 1. The van der Waals surface area contributed by atoms with Crippen molar-refractivity contribution in [2.75, 3.05) is 26.2 Å². The second kappa shape index (κ2) is 7.00. The van der Waals surface area contributed by atoms with Crippen LogP contribution in [0.3, 0.4) is 0 Å². The first-order chi connectivity index (χ1) is 9.68. The molecule has 1 aromatic rings. The molecule has 0 spiro atoms. The molecule has 0 radical (unpaired) electrons. The van der Waals surface area contributed by atoms with Crippen LogP contribution in [0.1, 0.15) is 12.0 Å². The maximum absolute atomic E-state index is 13.4. The molecule has 2 rings (SSSR count). The van der Waals surface area contributed by atoms with E-state index in [2.05, 4.69) is 10.6 Å². The van der Waals surface area contributed by atoms with Crippen LogP contribution in [0.5, 0.6) is 0 Å². The summed E-state index contributed by atoms with van der Waals surface area (Å²) in [7, 11) is 0. The third kappa shape index (κ3) is 3.77. The van der Waals surface area contributed by atoms with Crippen LogP contribution in [0.2, 0.25) is 0 Å². The molecular weight excluding hydrogens is 261 g/mol. The molecular formula is C14H18FN3O2. The van der Waals surface area contributed by atoms with E-state index >= 15 is 0 Å². The Bertz CT molecular complexity index is 485. The fraction of sp³-hybridized carbons (Fsp3) is 0.429. The van der Waals surface area contributed by atoms with Crippen LogP contribution < -0.4 is 10.6 Å². The summed E-state index contributed by atoms with van der Waals surface area (Å²) < 4.78 is 13.4. The van der Waals surface area contributed by atoms with Crippen molar-refractivity contribution in [2.24, 2.45) is 0 Å². The van der Waals surface area contributed by atoms with Crippen LogP contribution in [-0.4, -0.2) is 42.9 Å². The summed E-state index contributed by atoms with van der Waals surface area (Å²) in [6, 6.07) is 6.17. The van der Waals surface area contributed by atoms with E-state index in [1.165, 1.54) is 11.0 Å². The van der Waals surface area contributed by atoms with Gasteiger partial charge in [0, 0.05) is 31.7 Å². The van der Waals surface area contributed by atoms with E-state index in [-0.39, 0.29) is 12.4 Å². The zero-order valence-corrected chi connectivity index (χ0v) is 11.2. The monoisotopic (exact) mass is 279 g/mol. The van der Waals surface area contributed by atoms with Gasteiger partial charge in [0.05, 0.1) is 0 Å². The molecule has 2 amide bonds. The van der Waals surface area contributed by atoms with Crippen LogP contribution in [0, 0.1) is 5.82 Å². The van der Waals surface area contributed by atoms with E-state index in [9.17, 15) is 14.0 Å². The number of halogens is 1. The molecule has 2 N–H and O–H groups in total. The highest BCUT2D eigenvalue weighted by Gasteiger charge is 2.22. The summed E-state index contributed by atoms with van der Waals surface area (Å²) >= 11 is 0. The zero-order valence-electron chi connectivity index (χ0n) is 11.2. The van der Waals surface area contributed by atoms with Gasteiger partial charge in [-0.2, -0.15) is 0 Å². The molecule has 0 bridgehead atoms. The van der Waals surface area contributed by atoms with Gasteiger partial charge in [-0.3, -0.25) is 9.59 Å². The Morgan fingerprint density at radius 3 is 2.85 bits per heavy atom. The number of hydrogen-bond acceptors (Lipinski definition) is 3. The van der Waals surface area contributed by atoms with Gasteiger partial charge in [0.1, 0.15) is 5.82 Å². The Morgan fingerprint density at radius 1 is 1.25 bits per heavy atom. The molecule has 1 fully saturated rings. The quantitative estimate of drug-likeness (QED) is 0.764. The van der Waals surface area contributed by atoms with Gasteiger partial charge >= 0.3 is 11.8 Å². The van der Waals surface area contributed by atoms with Crippen LogP contribution in [-0.2, 0) is 16.1 Å². The van der Waals surface area contributed by atoms with Crippen molar-refractivity contribution in [1.82, 2.24) is 15.5 Å².